The first-order chi connectivity index (χ1) is 13.0. The lowest BCUT2D eigenvalue weighted by Crippen LogP contribution is -2.11. The molecule has 0 aliphatic rings. The van der Waals surface area contributed by atoms with Gasteiger partial charge in [-0.1, -0.05) is 17.4 Å². The van der Waals surface area contributed by atoms with Crippen molar-refractivity contribution in [2.45, 2.75) is 9.24 Å². The fourth-order valence-electron chi connectivity index (χ4n) is 2.12. The average Bonchev–Trinajstić information content (AvgIpc) is 3.08. The molecule has 0 aliphatic carbocycles. The second-order valence-electron chi connectivity index (χ2n) is 5.14. The first-order valence-corrected chi connectivity index (χ1v) is 9.10. The van der Waals surface area contributed by atoms with Gasteiger partial charge in [-0.05, 0) is 36.0 Å². The smallest absolute Gasteiger partial charge is 0.284 e. The molecule has 3 rings (SSSR count). The fraction of sp³-hybridized carbons (Fsp3) is 0.0625. The Kier molecular flexibility index (Phi) is 5.52. The number of nitrogens with two attached hydrogens (primary N) is 1. The third-order valence-corrected chi connectivity index (χ3v) is 5.32. The van der Waals surface area contributed by atoms with Gasteiger partial charge in [-0.3, -0.25) is 14.9 Å². The van der Waals surface area contributed by atoms with Crippen LogP contribution in [0.2, 0.25) is 0 Å². The number of ether oxygens (including phenoxy) is 1. The highest BCUT2D eigenvalue weighted by atomic mass is 32.2. The monoisotopic (exact) mass is 403 g/mol. The molecule has 11 heteroatoms. The lowest BCUT2D eigenvalue weighted by molar-refractivity contribution is -0.387. The van der Waals surface area contributed by atoms with Crippen LogP contribution in [0.1, 0.15) is 10.4 Å². The predicted molar refractivity (Wildman–Crippen MR) is 102 cm³/mol. The van der Waals surface area contributed by atoms with E-state index < -0.39 is 10.8 Å². The summed E-state index contributed by atoms with van der Waals surface area (Å²) in [5.74, 6) is -0.0281. The van der Waals surface area contributed by atoms with E-state index >= 15 is 0 Å². The Bertz CT molecular complexity index is 1010. The first-order valence-electron chi connectivity index (χ1n) is 7.47. The largest absolute Gasteiger partial charge is 0.497 e. The van der Waals surface area contributed by atoms with E-state index in [1.54, 1.807) is 7.11 Å². The Morgan fingerprint density at radius 2 is 2.11 bits per heavy atom. The molecule has 27 heavy (non-hydrogen) atoms. The van der Waals surface area contributed by atoms with Crippen molar-refractivity contribution in [3.63, 3.8) is 0 Å². The van der Waals surface area contributed by atoms with Crippen LogP contribution in [0.3, 0.4) is 0 Å². The van der Waals surface area contributed by atoms with Crippen LogP contribution in [0.4, 0.5) is 16.5 Å². The van der Waals surface area contributed by atoms with Crippen LogP contribution in [-0.4, -0.2) is 28.1 Å². The number of nitrogens with zero attached hydrogens (tertiary/aromatic N) is 3. The van der Waals surface area contributed by atoms with Crippen LogP contribution >= 0.6 is 23.1 Å². The van der Waals surface area contributed by atoms with Crippen LogP contribution in [0.25, 0.3) is 0 Å². The first kappa shape index (κ1) is 18.6. The Balaban J connectivity index is 1.79. The van der Waals surface area contributed by atoms with Crippen LogP contribution in [0.5, 0.6) is 5.75 Å². The van der Waals surface area contributed by atoms with Gasteiger partial charge in [-0.25, -0.2) is 0 Å². The minimum absolute atomic E-state index is 0.0729. The van der Waals surface area contributed by atoms with Gasteiger partial charge in [0.2, 0.25) is 11.0 Å². The third-order valence-electron chi connectivity index (χ3n) is 3.36. The topological polar surface area (TPSA) is 133 Å². The van der Waals surface area contributed by atoms with Crippen molar-refractivity contribution in [1.29, 1.82) is 0 Å². The summed E-state index contributed by atoms with van der Waals surface area (Å²) in [6, 6.07) is 11.4. The number of nitro groups is 1. The highest BCUT2D eigenvalue weighted by Crippen LogP contribution is 2.38. The van der Waals surface area contributed by atoms with Gasteiger partial charge in [0.1, 0.15) is 5.75 Å². The van der Waals surface area contributed by atoms with Gasteiger partial charge >= 0.3 is 0 Å². The fourth-order valence-corrected chi connectivity index (χ4v) is 3.93. The van der Waals surface area contributed by atoms with Crippen molar-refractivity contribution in [3.05, 3.63) is 58.1 Å². The number of methoxy groups -OCH3 is 1. The van der Waals surface area contributed by atoms with Gasteiger partial charge in [-0.2, -0.15) is 0 Å². The standard InChI is InChI=1S/C16H13N5O4S2/c1-25-11-4-2-3-10(8-11)18-15-19-20-16(27-15)26-13-6-5-9(14(17)22)7-12(13)21(23)24/h2-8H,1H3,(H2,17,22)(H,18,19). The molecule has 3 aromatic rings. The van der Waals surface area contributed by atoms with E-state index in [1.807, 2.05) is 24.3 Å². The van der Waals surface area contributed by atoms with Gasteiger partial charge in [0.05, 0.1) is 16.9 Å². The lowest BCUT2D eigenvalue weighted by atomic mass is 10.2. The molecule has 0 saturated heterocycles. The number of rotatable bonds is 7. The molecule has 0 aliphatic heterocycles. The van der Waals surface area contributed by atoms with Crippen molar-refractivity contribution in [3.8, 4) is 5.75 Å². The van der Waals surface area contributed by atoms with Crippen LogP contribution in [0, 0.1) is 10.1 Å². The number of primary amides is 1. The second kappa shape index (κ2) is 8.01. The number of benzene rings is 2. The van der Waals surface area contributed by atoms with Gasteiger partial charge in [0, 0.05) is 23.4 Å². The molecule has 2 aromatic carbocycles. The number of carbonyl (C=O) groups is 1. The zero-order chi connectivity index (χ0) is 19.4. The molecule has 0 saturated carbocycles. The summed E-state index contributed by atoms with van der Waals surface area (Å²) in [4.78, 5) is 22.3. The van der Waals surface area contributed by atoms with E-state index in [9.17, 15) is 14.9 Å². The van der Waals surface area contributed by atoms with E-state index in [-0.39, 0.29) is 11.3 Å². The number of nitrogens with one attached hydrogen (secondary N) is 1. The molecule has 1 amide bonds. The highest BCUT2D eigenvalue weighted by molar-refractivity contribution is 8.01. The Labute approximate surface area is 161 Å². The van der Waals surface area contributed by atoms with Crippen molar-refractivity contribution >= 4 is 45.5 Å². The van der Waals surface area contributed by atoms with E-state index in [4.69, 9.17) is 10.5 Å². The Morgan fingerprint density at radius 3 is 2.81 bits per heavy atom. The molecule has 3 N–H and O–H groups in total. The van der Waals surface area contributed by atoms with Crippen molar-refractivity contribution in [2.75, 3.05) is 12.4 Å². The Hall–Kier alpha value is -3.18. The van der Waals surface area contributed by atoms with Gasteiger partial charge in [0.25, 0.3) is 5.69 Å². The molecular formula is C16H13N5O4S2. The molecular weight excluding hydrogens is 390 g/mol. The van der Waals surface area contributed by atoms with Gasteiger partial charge < -0.3 is 15.8 Å². The molecule has 0 bridgehead atoms. The number of amides is 1. The number of hydrogen-bond donors (Lipinski definition) is 2. The summed E-state index contributed by atoms with van der Waals surface area (Å²) in [6.45, 7) is 0. The predicted octanol–water partition coefficient (Wildman–Crippen LogP) is 3.45. The maximum absolute atomic E-state index is 11.3. The zero-order valence-corrected chi connectivity index (χ0v) is 15.5. The Morgan fingerprint density at radius 1 is 1.30 bits per heavy atom. The molecule has 1 aromatic heterocycles. The zero-order valence-electron chi connectivity index (χ0n) is 13.9. The molecule has 1 heterocycles. The maximum atomic E-state index is 11.3. The number of carbonyl (C=O) groups excluding carboxylic acids is 1. The van der Waals surface area contributed by atoms with Crippen LogP contribution in [0.15, 0.2) is 51.7 Å². The molecule has 0 radical (unpaired) electrons. The summed E-state index contributed by atoms with van der Waals surface area (Å²) in [5, 5.41) is 23.0. The third kappa shape index (κ3) is 4.51. The number of anilines is 2. The summed E-state index contributed by atoms with van der Waals surface area (Å²) < 4.78 is 5.67. The number of aromatic nitrogens is 2. The summed E-state index contributed by atoms with van der Waals surface area (Å²) in [7, 11) is 1.58. The van der Waals surface area contributed by atoms with Gasteiger partial charge in [0.15, 0.2) is 4.34 Å². The van der Waals surface area contributed by atoms with E-state index in [0.29, 0.717) is 20.1 Å². The van der Waals surface area contributed by atoms with E-state index in [2.05, 4.69) is 15.5 Å². The van der Waals surface area contributed by atoms with Crippen molar-refractivity contribution in [2.24, 2.45) is 5.73 Å². The number of nitro benzene ring substituents is 1. The average molecular weight is 403 g/mol. The molecule has 0 unspecified atom stereocenters. The molecule has 0 fully saturated rings. The molecule has 0 spiro atoms. The molecule has 138 valence electrons. The van der Waals surface area contributed by atoms with E-state index in [0.717, 1.165) is 23.5 Å². The van der Waals surface area contributed by atoms with Crippen molar-refractivity contribution in [1.82, 2.24) is 10.2 Å². The van der Waals surface area contributed by atoms with Gasteiger partial charge in [-0.15, -0.1) is 10.2 Å². The lowest BCUT2D eigenvalue weighted by Gasteiger charge is -2.04. The summed E-state index contributed by atoms with van der Waals surface area (Å²) >= 11 is 2.33. The molecule has 9 nitrogen and oxygen atoms in total. The minimum Gasteiger partial charge on any atom is -0.497 e. The normalized spacial score (nSPS) is 10.4. The quantitative estimate of drug-likeness (QED) is 0.453. The summed E-state index contributed by atoms with van der Waals surface area (Å²) in [6.07, 6.45) is 0. The van der Waals surface area contributed by atoms with E-state index in [1.165, 1.54) is 23.5 Å². The SMILES string of the molecule is COc1cccc(Nc2nnc(Sc3ccc(C(N)=O)cc3[N+](=O)[O-])s2)c1. The summed E-state index contributed by atoms with van der Waals surface area (Å²) in [5.41, 5.74) is 5.81. The number of hydrogen-bond acceptors (Lipinski definition) is 9. The second-order valence-corrected chi connectivity index (χ2v) is 7.40. The van der Waals surface area contributed by atoms with Crippen molar-refractivity contribution < 1.29 is 14.5 Å². The molecule has 0 atom stereocenters. The minimum atomic E-state index is -0.727. The van der Waals surface area contributed by atoms with Crippen LogP contribution < -0.4 is 15.8 Å². The van der Waals surface area contributed by atoms with Crippen LogP contribution in [-0.2, 0) is 0 Å². The maximum Gasteiger partial charge on any atom is 0.284 e. The highest BCUT2D eigenvalue weighted by Gasteiger charge is 2.19.